The Morgan fingerprint density at radius 1 is 0.196 bits per heavy atom. The van der Waals surface area contributed by atoms with E-state index in [9.17, 15) is 0 Å². The van der Waals surface area contributed by atoms with E-state index in [-0.39, 0.29) is 0 Å². The zero-order chi connectivity index (χ0) is 37.3. The highest BCUT2D eigenvalue weighted by molar-refractivity contribution is 6.12. The maximum Gasteiger partial charge on any atom is -0.0139 e. The van der Waals surface area contributed by atoms with Crippen molar-refractivity contribution in [3.05, 3.63) is 169 Å². The lowest BCUT2D eigenvalue weighted by atomic mass is 9.90. The first-order valence-electron chi connectivity index (χ1n) is 21.3. The lowest BCUT2D eigenvalue weighted by Crippen LogP contribution is -1.93. The third-order valence-corrected chi connectivity index (χ3v) is 12.7. The van der Waals surface area contributed by atoms with Gasteiger partial charge in [-0.3, -0.25) is 0 Å². The van der Waals surface area contributed by atoms with Crippen LogP contribution in [0.3, 0.4) is 0 Å². The molecule has 0 aliphatic rings. The van der Waals surface area contributed by atoms with Gasteiger partial charge in [-0.25, -0.2) is 0 Å². The third-order valence-electron chi connectivity index (χ3n) is 12.7. The molecule has 0 amide bonds. The molecule has 274 valence electrons. The van der Waals surface area contributed by atoms with Gasteiger partial charge in [0.2, 0.25) is 0 Å². The second-order valence-electron chi connectivity index (χ2n) is 16.4. The van der Waals surface area contributed by atoms with E-state index in [1.165, 1.54) is 162 Å². The first-order chi connectivity index (χ1) is 27.7. The molecule has 0 heteroatoms. The van der Waals surface area contributed by atoms with E-state index in [1.807, 2.05) is 0 Å². The van der Waals surface area contributed by atoms with Crippen LogP contribution >= 0.6 is 0 Å². The van der Waals surface area contributed by atoms with E-state index in [0.29, 0.717) is 0 Å². The van der Waals surface area contributed by atoms with Crippen molar-refractivity contribution in [2.45, 2.75) is 77.0 Å². The van der Waals surface area contributed by atoms with Gasteiger partial charge in [0.1, 0.15) is 0 Å². The van der Waals surface area contributed by atoms with E-state index in [1.54, 1.807) is 0 Å². The predicted octanol–water partition coefficient (Wildman–Crippen LogP) is 16.6. The minimum Gasteiger partial charge on any atom is -0.0616 e. The molecule has 0 bridgehead atoms. The molecule has 0 saturated heterocycles. The molecule has 0 radical (unpaired) electrons. The van der Waals surface area contributed by atoms with Crippen LogP contribution in [-0.4, -0.2) is 0 Å². The van der Waals surface area contributed by atoms with Crippen LogP contribution in [0.15, 0.2) is 158 Å². The van der Waals surface area contributed by atoms with Gasteiger partial charge in [-0.05, 0) is 184 Å². The molecule has 0 spiro atoms. The summed E-state index contributed by atoms with van der Waals surface area (Å²) in [6.07, 6.45) is 15.5. The molecule has 56 heavy (non-hydrogen) atoms. The number of unbranched alkanes of at least 4 members (excludes halogenated alkanes) is 9. The van der Waals surface area contributed by atoms with Crippen LogP contribution in [-0.2, 0) is 12.8 Å². The van der Waals surface area contributed by atoms with E-state index in [0.717, 1.165) is 12.8 Å². The summed E-state index contributed by atoms with van der Waals surface area (Å²) in [5, 5.41) is 21.9. The van der Waals surface area contributed by atoms with Crippen LogP contribution in [0.25, 0.3) is 86.2 Å². The summed E-state index contributed by atoms with van der Waals surface area (Å²) < 4.78 is 0. The number of hydrogen-bond donors (Lipinski definition) is 0. The van der Waals surface area contributed by atoms with Crippen molar-refractivity contribution in [2.24, 2.45) is 0 Å². The smallest absolute Gasteiger partial charge is 0.0139 e. The maximum atomic E-state index is 2.45. The number of fused-ring (bicyclic) bond motifs is 8. The van der Waals surface area contributed by atoms with Gasteiger partial charge in [0.05, 0.1) is 0 Å². The van der Waals surface area contributed by atoms with E-state index in [2.05, 4.69) is 158 Å². The second-order valence-corrected chi connectivity index (χ2v) is 16.4. The van der Waals surface area contributed by atoms with Crippen molar-refractivity contribution >= 4 is 86.2 Å². The van der Waals surface area contributed by atoms with Crippen molar-refractivity contribution < 1.29 is 0 Å². The molecular formula is C56H50. The maximum absolute atomic E-state index is 2.45. The fourth-order valence-corrected chi connectivity index (χ4v) is 9.74. The molecule has 0 nitrogen and oxygen atoms in total. The molecular weight excluding hydrogens is 673 g/mol. The van der Waals surface area contributed by atoms with Crippen LogP contribution in [0, 0.1) is 0 Å². The van der Waals surface area contributed by atoms with Crippen molar-refractivity contribution in [2.75, 3.05) is 0 Å². The Balaban J connectivity index is 0.745. The molecule has 0 aromatic heterocycles. The van der Waals surface area contributed by atoms with Crippen molar-refractivity contribution in [3.8, 4) is 0 Å². The quantitative estimate of drug-likeness (QED) is 0.0821. The Morgan fingerprint density at radius 3 is 0.643 bits per heavy atom. The van der Waals surface area contributed by atoms with Crippen molar-refractivity contribution in [1.29, 1.82) is 0 Å². The summed E-state index contributed by atoms with van der Waals surface area (Å²) in [6.45, 7) is 0. The molecule has 0 fully saturated rings. The average molecular weight is 723 g/mol. The Hall–Kier alpha value is -5.72. The fraction of sp³-hybridized carbons (Fsp3) is 0.214. The highest BCUT2D eigenvalue weighted by atomic mass is 14.2. The van der Waals surface area contributed by atoms with Gasteiger partial charge in [0, 0.05) is 0 Å². The number of aryl methyl sites for hydroxylation is 2. The molecule has 10 aromatic rings. The predicted molar refractivity (Wildman–Crippen MR) is 247 cm³/mol. The molecule has 0 saturated carbocycles. The van der Waals surface area contributed by atoms with Gasteiger partial charge in [-0.1, -0.05) is 148 Å². The zero-order valence-electron chi connectivity index (χ0n) is 32.5. The van der Waals surface area contributed by atoms with Gasteiger partial charge in [0.15, 0.2) is 0 Å². The van der Waals surface area contributed by atoms with E-state index >= 15 is 0 Å². The van der Waals surface area contributed by atoms with Gasteiger partial charge >= 0.3 is 0 Å². The first-order valence-corrected chi connectivity index (χ1v) is 21.3. The summed E-state index contributed by atoms with van der Waals surface area (Å²) in [4.78, 5) is 0. The Kier molecular flexibility index (Phi) is 9.57. The zero-order valence-corrected chi connectivity index (χ0v) is 32.5. The van der Waals surface area contributed by atoms with Gasteiger partial charge < -0.3 is 0 Å². The largest absolute Gasteiger partial charge is 0.0616 e. The lowest BCUT2D eigenvalue weighted by Gasteiger charge is -2.14. The van der Waals surface area contributed by atoms with Gasteiger partial charge in [0.25, 0.3) is 0 Å². The number of benzene rings is 10. The van der Waals surface area contributed by atoms with E-state index in [4.69, 9.17) is 0 Å². The monoisotopic (exact) mass is 722 g/mol. The highest BCUT2D eigenvalue weighted by Gasteiger charge is 2.13. The van der Waals surface area contributed by atoms with Crippen LogP contribution < -0.4 is 0 Å². The molecule has 10 rings (SSSR count). The topological polar surface area (TPSA) is 0 Å². The standard InChI is InChI=1S/C56H50/c1(3-5-7-9-27-51-53-35-43-23-15-11-19-39(43)29-47(53)33-48-30-40-20-12-16-24-44(40)36-54(48)51)2-4-6-8-10-28-52-55-37-45-25-17-13-21-41(45)31-49(55)34-50-32-42-22-14-18-26-46(42)38-56(50)52/h11-26,29-38H,1-10,27-28H2. The summed E-state index contributed by atoms with van der Waals surface area (Å²) >= 11 is 0. The van der Waals surface area contributed by atoms with Crippen LogP contribution in [0.4, 0.5) is 0 Å². The van der Waals surface area contributed by atoms with Gasteiger partial charge in [-0.15, -0.1) is 0 Å². The Morgan fingerprint density at radius 2 is 0.393 bits per heavy atom. The van der Waals surface area contributed by atoms with Crippen LogP contribution in [0.1, 0.15) is 75.3 Å². The Bertz CT molecular complexity index is 2640. The summed E-state index contributed by atoms with van der Waals surface area (Å²) in [6, 6.07) is 59.5. The summed E-state index contributed by atoms with van der Waals surface area (Å²) in [7, 11) is 0. The van der Waals surface area contributed by atoms with Gasteiger partial charge in [-0.2, -0.15) is 0 Å². The molecule has 10 aromatic carbocycles. The first kappa shape index (κ1) is 34.7. The second kappa shape index (κ2) is 15.4. The Labute approximate surface area is 330 Å². The normalized spacial score (nSPS) is 12.1. The minimum absolute atomic E-state index is 1.14. The number of rotatable bonds is 13. The molecule has 0 aliphatic heterocycles. The SMILES string of the molecule is c1ccc2cc3c(CCCCCCCCCCCCc4c5cc6ccccc6cc5cc5cc6ccccc6cc45)c4cc5ccccc5cc4cc3cc2c1. The fourth-order valence-electron chi connectivity index (χ4n) is 9.74. The van der Waals surface area contributed by atoms with Crippen molar-refractivity contribution in [1.82, 2.24) is 0 Å². The minimum atomic E-state index is 1.14. The lowest BCUT2D eigenvalue weighted by molar-refractivity contribution is 0.552. The average Bonchev–Trinajstić information content (AvgIpc) is 3.23. The molecule has 0 heterocycles. The summed E-state index contributed by atoms with van der Waals surface area (Å²) in [5.41, 5.74) is 3.07. The third kappa shape index (κ3) is 6.88. The summed E-state index contributed by atoms with van der Waals surface area (Å²) in [5.74, 6) is 0. The van der Waals surface area contributed by atoms with E-state index < -0.39 is 0 Å². The molecule has 0 atom stereocenters. The number of hydrogen-bond acceptors (Lipinski definition) is 0. The van der Waals surface area contributed by atoms with Crippen LogP contribution in [0.5, 0.6) is 0 Å². The van der Waals surface area contributed by atoms with Crippen LogP contribution in [0.2, 0.25) is 0 Å². The highest BCUT2D eigenvalue weighted by Crippen LogP contribution is 2.37. The molecule has 0 aliphatic carbocycles. The van der Waals surface area contributed by atoms with Crippen molar-refractivity contribution in [3.63, 3.8) is 0 Å². The molecule has 0 unspecified atom stereocenters. The molecule has 0 N–H and O–H groups in total.